The fourth-order valence-corrected chi connectivity index (χ4v) is 5.05. The molecule has 0 unspecified atom stereocenters. The fraction of sp³-hybridized carbons (Fsp3) is 0.476. The Labute approximate surface area is 185 Å². The third-order valence-corrected chi connectivity index (χ3v) is 6.87. The van der Waals surface area contributed by atoms with Gasteiger partial charge in [0.15, 0.2) is 10.8 Å². The molecular weight excluding hydrogens is 422 g/mol. The molecule has 7 nitrogen and oxygen atoms in total. The van der Waals surface area contributed by atoms with Gasteiger partial charge in [-0.25, -0.2) is 4.98 Å². The first-order valence-corrected chi connectivity index (χ1v) is 11.3. The average molecular weight is 448 g/mol. The summed E-state index contributed by atoms with van der Waals surface area (Å²) in [6.07, 6.45) is 2.71. The predicted octanol–water partition coefficient (Wildman–Crippen LogP) is 3.67. The molecule has 1 amide bonds. The Morgan fingerprint density at radius 3 is 2.70 bits per heavy atom. The summed E-state index contributed by atoms with van der Waals surface area (Å²) in [4.78, 5) is 22.4. The van der Waals surface area contributed by atoms with Gasteiger partial charge in [0.25, 0.3) is 5.91 Å². The molecule has 0 bridgehead atoms. The quantitative estimate of drug-likeness (QED) is 0.577. The number of hydrogen-bond donors (Lipinski definition) is 0. The van der Waals surface area contributed by atoms with Crippen molar-refractivity contribution in [3.8, 4) is 0 Å². The predicted molar refractivity (Wildman–Crippen MR) is 121 cm³/mol. The zero-order chi connectivity index (χ0) is 21.3. The van der Waals surface area contributed by atoms with Crippen LogP contribution in [0.5, 0.6) is 0 Å². The Balaban J connectivity index is 1.62. The maximum atomic E-state index is 13.5. The molecule has 30 heavy (non-hydrogen) atoms. The SMILES string of the molecule is Cc1cn(C)nc1C(=O)N(CCCN1CCOCC1)c1nc2c(C)ccc(Cl)c2s1. The molecule has 9 heteroatoms. The van der Waals surface area contributed by atoms with Crippen molar-refractivity contribution in [3.63, 3.8) is 0 Å². The van der Waals surface area contributed by atoms with Gasteiger partial charge in [0.05, 0.1) is 28.5 Å². The summed E-state index contributed by atoms with van der Waals surface area (Å²) in [7, 11) is 1.83. The molecule has 1 aromatic carbocycles. The van der Waals surface area contributed by atoms with E-state index >= 15 is 0 Å². The van der Waals surface area contributed by atoms with E-state index in [4.69, 9.17) is 21.3 Å². The number of ether oxygens (including phenoxy) is 1. The van der Waals surface area contributed by atoms with Gasteiger partial charge < -0.3 is 4.74 Å². The van der Waals surface area contributed by atoms with Gasteiger partial charge >= 0.3 is 0 Å². The van der Waals surface area contributed by atoms with E-state index in [2.05, 4.69) is 10.00 Å². The molecule has 4 rings (SSSR count). The molecular formula is C21H26ClN5O2S. The number of rotatable bonds is 6. The lowest BCUT2D eigenvalue weighted by atomic mass is 10.2. The normalized spacial score (nSPS) is 15.1. The summed E-state index contributed by atoms with van der Waals surface area (Å²) >= 11 is 7.87. The number of benzene rings is 1. The van der Waals surface area contributed by atoms with Crippen molar-refractivity contribution in [2.45, 2.75) is 20.3 Å². The van der Waals surface area contributed by atoms with Gasteiger partial charge in [-0.15, -0.1) is 0 Å². The number of hydrogen-bond acceptors (Lipinski definition) is 6. The smallest absolute Gasteiger partial charge is 0.280 e. The zero-order valence-electron chi connectivity index (χ0n) is 17.5. The second-order valence-corrected chi connectivity index (χ2v) is 9.02. The van der Waals surface area contributed by atoms with Crippen LogP contribution in [0.15, 0.2) is 18.3 Å². The molecule has 0 N–H and O–H groups in total. The van der Waals surface area contributed by atoms with Crippen molar-refractivity contribution >= 4 is 44.2 Å². The lowest BCUT2D eigenvalue weighted by molar-refractivity contribution is 0.0376. The third-order valence-electron chi connectivity index (χ3n) is 5.34. The minimum absolute atomic E-state index is 0.122. The van der Waals surface area contributed by atoms with Crippen LogP contribution in [0.2, 0.25) is 5.02 Å². The molecule has 3 heterocycles. The van der Waals surface area contributed by atoms with Crippen molar-refractivity contribution in [1.29, 1.82) is 0 Å². The van der Waals surface area contributed by atoms with Gasteiger partial charge in [0.2, 0.25) is 0 Å². The highest BCUT2D eigenvalue weighted by Gasteiger charge is 2.26. The van der Waals surface area contributed by atoms with Gasteiger partial charge in [0.1, 0.15) is 0 Å². The van der Waals surface area contributed by atoms with Crippen LogP contribution in [-0.4, -0.2) is 65.0 Å². The van der Waals surface area contributed by atoms with Crippen LogP contribution < -0.4 is 4.90 Å². The molecule has 2 aromatic heterocycles. The number of anilines is 1. The van der Waals surface area contributed by atoms with E-state index < -0.39 is 0 Å². The Bertz CT molecular complexity index is 1020. The van der Waals surface area contributed by atoms with Crippen LogP contribution in [0.4, 0.5) is 5.13 Å². The summed E-state index contributed by atoms with van der Waals surface area (Å²) in [6.45, 7) is 8.81. The molecule has 0 radical (unpaired) electrons. The minimum atomic E-state index is -0.122. The molecule has 0 spiro atoms. The number of aryl methyl sites for hydroxylation is 3. The van der Waals surface area contributed by atoms with Gasteiger partial charge in [-0.1, -0.05) is 29.0 Å². The van der Waals surface area contributed by atoms with Gasteiger partial charge in [0, 0.05) is 45.0 Å². The highest BCUT2D eigenvalue weighted by Crippen LogP contribution is 2.36. The van der Waals surface area contributed by atoms with Gasteiger partial charge in [-0.3, -0.25) is 19.3 Å². The summed E-state index contributed by atoms with van der Waals surface area (Å²) < 4.78 is 8.01. The number of nitrogens with zero attached hydrogens (tertiary/aromatic N) is 5. The number of carbonyl (C=O) groups is 1. The average Bonchev–Trinajstić information content (AvgIpc) is 3.32. The second-order valence-electron chi connectivity index (χ2n) is 7.64. The number of carbonyl (C=O) groups excluding carboxylic acids is 1. The van der Waals surface area contributed by atoms with E-state index in [9.17, 15) is 4.79 Å². The second kappa shape index (κ2) is 9.01. The summed E-state index contributed by atoms with van der Waals surface area (Å²) in [5.74, 6) is -0.122. The van der Waals surface area contributed by atoms with E-state index in [1.165, 1.54) is 11.3 Å². The van der Waals surface area contributed by atoms with E-state index in [0.717, 1.165) is 60.6 Å². The van der Waals surface area contributed by atoms with Crippen molar-refractivity contribution in [3.05, 3.63) is 40.2 Å². The summed E-state index contributed by atoms with van der Waals surface area (Å²) in [5.41, 5.74) is 3.22. The van der Waals surface area contributed by atoms with Crippen LogP contribution in [0.3, 0.4) is 0 Å². The monoisotopic (exact) mass is 447 g/mol. The zero-order valence-corrected chi connectivity index (χ0v) is 19.1. The van der Waals surface area contributed by atoms with Crippen molar-refractivity contribution in [2.24, 2.45) is 7.05 Å². The van der Waals surface area contributed by atoms with E-state index in [1.54, 1.807) is 9.58 Å². The topological polar surface area (TPSA) is 63.5 Å². The van der Waals surface area contributed by atoms with Crippen LogP contribution in [0.25, 0.3) is 10.2 Å². The van der Waals surface area contributed by atoms with Crippen LogP contribution >= 0.6 is 22.9 Å². The molecule has 1 aliphatic heterocycles. The lowest BCUT2D eigenvalue weighted by Gasteiger charge is -2.27. The first kappa shape index (κ1) is 21.2. The maximum absolute atomic E-state index is 13.5. The summed E-state index contributed by atoms with van der Waals surface area (Å²) in [6, 6.07) is 3.84. The molecule has 1 aliphatic rings. The highest BCUT2D eigenvalue weighted by atomic mass is 35.5. The molecule has 1 fully saturated rings. The molecule has 160 valence electrons. The highest BCUT2D eigenvalue weighted by molar-refractivity contribution is 7.23. The van der Waals surface area contributed by atoms with Gasteiger partial charge in [-0.05, 0) is 31.9 Å². The number of amides is 1. The first-order chi connectivity index (χ1) is 14.4. The summed E-state index contributed by atoms with van der Waals surface area (Å²) in [5, 5.41) is 5.72. The number of morpholine rings is 1. The number of halogens is 1. The Kier molecular flexibility index (Phi) is 6.38. The number of aromatic nitrogens is 3. The fourth-order valence-electron chi connectivity index (χ4n) is 3.71. The Morgan fingerprint density at radius 1 is 1.27 bits per heavy atom. The number of fused-ring (bicyclic) bond motifs is 1. The first-order valence-electron chi connectivity index (χ1n) is 10.1. The largest absolute Gasteiger partial charge is 0.379 e. The Morgan fingerprint density at radius 2 is 2.03 bits per heavy atom. The Hall–Kier alpha value is -2.00. The van der Waals surface area contributed by atoms with Crippen LogP contribution in [0.1, 0.15) is 28.0 Å². The maximum Gasteiger partial charge on any atom is 0.280 e. The third kappa shape index (κ3) is 4.37. The minimum Gasteiger partial charge on any atom is -0.379 e. The number of thiazole rings is 1. The molecule has 1 saturated heterocycles. The lowest BCUT2D eigenvalue weighted by Crippen LogP contribution is -2.39. The van der Waals surface area contributed by atoms with Crippen LogP contribution in [-0.2, 0) is 11.8 Å². The van der Waals surface area contributed by atoms with Crippen LogP contribution in [0, 0.1) is 13.8 Å². The molecule has 0 aliphatic carbocycles. The molecule has 3 aromatic rings. The van der Waals surface area contributed by atoms with E-state index in [0.29, 0.717) is 22.4 Å². The molecule has 0 atom stereocenters. The molecule has 0 saturated carbocycles. The van der Waals surface area contributed by atoms with Crippen molar-refractivity contribution in [1.82, 2.24) is 19.7 Å². The van der Waals surface area contributed by atoms with Crippen molar-refractivity contribution < 1.29 is 9.53 Å². The van der Waals surface area contributed by atoms with E-state index in [1.807, 2.05) is 39.2 Å². The van der Waals surface area contributed by atoms with Gasteiger partial charge in [-0.2, -0.15) is 5.10 Å². The van der Waals surface area contributed by atoms with Crippen molar-refractivity contribution in [2.75, 3.05) is 44.3 Å². The standard InChI is InChI=1S/C21H26ClN5O2S/c1-14-5-6-16(22)19-17(14)23-21(30-19)27(8-4-7-26-9-11-29-12-10-26)20(28)18-15(2)13-25(3)24-18/h5-6,13H,4,7-12H2,1-3H3. The van der Waals surface area contributed by atoms with E-state index in [-0.39, 0.29) is 5.91 Å².